The van der Waals surface area contributed by atoms with Crippen LogP contribution in [0.4, 0.5) is 5.69 Å². The van der Waals surface area contributed by atoms with Crippen molar-refractivity contribution in [3.05, 3.63) is 48.0 Å². The highest BCUT2D eigenvalue weighted by Crippen LogP contribution is 2.35. The Balaban J connectivity index is 1.48. The Morgan fingerprint density at radius 1 is 1.04 bits per heavy atom. The summed E-state index contributed by atoms with van der Waals surface area (Å²) in [6, 6.07) is 12.8. The third-order valence-corrected chi connectivity index (χ3v) is 4.00. The summed E-state index contributed by atoms with van der Waals surface area (Å²) in [6.07, 6.45) is 1.42. The van der Waals surface area contributed by atoms with Crippen molar-refractivity contribution in [2.45, 2.75) is 32.3 Å². The van der Waals surface area contributed by atoms with Gasteiger partial charge in [0.2, 0.25) is 12.7 Å². The number of unbranched alkanes of at least 4 members (excludes halogenated alkanes) is 1. The number of benzene rings is 2. The van der Waals surface area contributed by atoms with Crippen LogP contribution in [0.15, 0.2) is 42.5 Å². The standard InChI is InChI=1S/C20H21NO6/c22-19(6-1-2-7-20(23)24)21-15-5-3-4-14(10-15)12-25-16-8-9-17-18(11-16)27-13-26-17/h3-5,8-11H,1-2,6-7,12-13H2,(H,21,22)(H,23,24). The van der Waals surface area contributed by atoms with Crippen molar-refractivity contribution in [3.63, 3.8) is 0 Å². The number of carbonyl (C=O) groups is 2. The van der Waals surface area contributed by atoms with Crippen LogP contribution in [0.3, 0.4) is 0 Å². The summed E-state index contributed by atoms with van der Waals surface area (Å²) in [4.78, 5) is 22.4. The molecule has 1 heterocycles. The molecule has 2 aromatic rings. The fourth-order valence-electron chi connectivity index (χ4n) is 2.66. The molecule has 0 aliphatic carbocycles. The molecule has 3 rings (SSSR count). The minimum Gasteiger partial charge on any atom is -0.489 e. The Bertz CT molecular complexity index is 820. The van der Waals surface area contributed by atoms with Crippen LogP contribution in [0.1, 0.15) is 31.2 Å². The molecule has 0 aromatic heterocycles. The molecule has 2 aromatic carbocycles. The zero-order chi connectivity index (χ0) is 19.1. The van der Waals surface area contributed by atoms with Gasteiger partial charge in [0, 0.05) is 24.6 Å². The van der Waals surface area contributed by atoms with E-state index >= 15 is 0 Å². The molecular formula is C20H21NO6. The van der Waals surface area contributed by atoms with Crippen LogP contribution in [-0.2, 0) is 16.2 Å². The van der Waals surface area contributed by atoms with Gasteiger partial charge in [-0.3, -0.25) is 9.59 Å². The van der Waals surface area contributed by atoms with E-state index in [2.05, 4.69) is 5.32 Å². The van der Waals surface area contributed by atoms with E-state index in [-0.39, 0.29) is 19.1 Å². The molecule has 27 heavy (non-hydrogen) atoms. The number of carbonyl (C=O) groups excluding carboxylic acids is 1. The van der Waals surface area contributed by atoms with E-state index in [1.54, 1.807) is 18.2 Å². The van der Waals surface area contributed by atoms with Crippen LogP contribution in [0, 0.1) is 0 Å². The van der Waals surface area contributed by atoms with Gasteiger partial charge in [-0.25, -0.2) is 0 Å². The lowest BCUT2D eigenvalue weighted by Crippen LogP contribution is -2.11. The summed E-state index contributed by atoms with van der Waals surface area (Å²) >= 11 is 0. The van der Waals surface area contributed by atoms with Crippen LogP contribution in [-0.4, -0.2) is 23.8 Å². The summed E-state index contributed by atoms with van der Waals surface area (Å²) < 4.78 is 16.4. The van der Waals surface area contributed by atoms with Gasteiger partial charge in [0.1, 0.15) is 12.4 Å². The van der Waals surface area contributed by atoms with Crippen LogP contribution in [0.25, 0.3) is 0 Å². The number of carboxylic acids is 1. The highest BCUT2D eigenvalue weighted by atomic mass is 16.7. The van der Waals surface area contributed by atoms with Gasteiger partial charge >= 0.3 is 5.97 Å². The fourth-order valence-corrected chi connectivity index (χ4v) is 2.66. The summed E-state index contributed by atoms with van der Waals surface area (Å²) in [5.74, 6) is 1.07. The fraction of sp³-hybridized carbons (Fsp3) is 0.300. The molecule has 7 nitrogen and oxygen atoms in total. The van der Waals surface area contributed by atoms with Gasteiger partial charge < -0.3 is 24.6 Å². The second-order valence-corrected chi connectivity index (χ2v) is 6.15. The second-order valence-electron chi connectivity index (χ2n) is 6.15. The maximum Gasteiger partial charge on any atom is 0.303 e. The van der Waals surface area contributed by atoms with Gasteiger partial charge in [0.25, 0.3) is 0 Å². The first-order valence-corrected chi connectivity index (χ1v) is 8.73. The normalized spacial score (nSPS) is 11.9. The topological polar surface area (TPSA) is 94.1 Å². The highest BCUT2D eigenvalue weighted by molar-refractivity contribution is 5.90. The van der Waals surface area contributed by atoms with Crippen molar-refractivity contribution in [1.82, 2.24) is 0 Å². The van der Waals surface area contributed by atoms with Crippen molar-refractivity contribution >= 4 is 17.6 Å². The molecule has 1 aliphatic heterocycles. The van der Waals surface area contributed by atoms with Crippen LogP contribution in [0.2, 0.25) is 0 Å². The van der Waals surface area contributed by atoms with E-state index in [1.165, 1.54) is 0 Å². The predicted molar refractivity (Wildman–Crippen MR) is 98.1 cm³/mol. The van der Waals surface area contributed by atoms with Crippen LogP contribution in [0.5, 0.6) is 17.2 Å². The van der Waals surface area contributed by atoms with Crippen LogP contribution < -0.4 is 19.5 Å². The lowest BCUT2D eigenvalue weighted by molar-refractivity contribution is -0.137. The number of rotatable bonds is 9. The van der Waals surface area contributed by atoms with Gasteiger partial charge in [0.05, 0.1) is 0 Å². The number of nitrogens with one attached hydrogen (secondary N) is 1. The molecule has 0 bridgehead atoms. The minimum atomic E-state index is -0.842. The number of amides is 1. The average molecular weight is 371 g/mol. The zero-order valence-electron chi connectivity index (χ0n) is 14.8. The lowest BCUT2D eigenvalue weighted by atomic mass is 10.1. The third kappa shape index (κ3) is 5.64. The zero-order valence-corrected chi connectivity index (χ0v) is 14.8. The Kier molecular flexibility index (Phi) is 6.14. The molecule has 142 valence electrons. The first-order chi connectivity index (χ1) is 13.1. The number of hydrogen-bond acceptors (Lipinski definition) is 5. The number of aliphatic carboxylic acids is 1. The van der Waals surface area contributed by atoms with Gasteiger partial charge in [-0.05, 0) is 42.7 Å². The van der Waals surface area contributed by atoms with Gasteiger partial charge in [-0.1, -0.05) is 12.1 Å². The number of fused-ring (bicyclic) bond motifs is 1. The smallest absolute Gasteiger partial charge is 0.303 e. The second kappa shape index (κ2) is 8.93. The molecule has 0 fully saturated rings. The van der Waals surface area contributed by atoms with Crippen LogP contribution >= 0.6 is 0 Å². The number of carboxylic acid groups (broad SMARTS) is 1. The lowest BCUT2D eigenvalue weighted by Gasteiger charge is -2.09. The van der Waals surface area contributed by atoms with E-state index < -0.39 is 5.97 Å². The molecule has 7 heteroatoms. The van der Waals surface area contributed by atoms with Crippen molar-refractivity contribution in [2.75, 3.05) is 12.1 Å². The highest BCUT2D eigenvalue weighted by Gasteiger charge is 2.13. The first kappa shape index (κ1) is 18.6. The summed E-state index contributed by atoms with van der Waals surface area (Å²) in [5.41, 5.74) is 1.60. The summed E-state index contributed by atoms with van der Waals surface area (Å²) in [5, 5.41) is 11.4. The van der Waals surface area contributed by atoms with E-state index in [4.69, 9.17) is 19.3 Å². The molecule has 2 N–H and O–H groups in total. The Morgan fingerprint density at radius 3 is 2.70 bits per heavy atom. The molecule has 1 aliphatic rings. The number of hydrogen-bond donors (Lipinski definition) is 2. The molecule has 0 spiro atoms. The first-order valence-electron chi connectivity index (χ1n) is 8.73. The van der Waals surface area contributed by atoms with E-state index in [0.29, 0.717) is 48.8 Å². The maximum atomic E-state index is 11.9. The third-order valence-electron chi connectivity index (χ3n) is 4.00. The van der Waals surface area contributed by atoms with Crippen molar-refractivity contribution < 1.29 is 28.9 Å². The molecule has 0 atom stereocenters. The summed E-state index contributed by atoms with van der Waals surface area (Å²) in [7, 11) is 0. The molecule has 1 amide bonds. The van der Waals surface area contributed by atoms with E-state index in [0.717, 1.165) is 5.56 Å². The molecular weight excluding hydrogens is 350 g/mol. The Hall–Kier alpha value is -3.22. The van der Waals surface area contributed by atoms with Gasteiger partial charge in [-0.2, -0.15) is 0 Å². The van der Waals surface area contributed by atoms with Gasteiger partial charge in [-0.15, -0.1) is 0 Å². The Labute approximate surface area is 156 Å². The van der Waals surface area contributed by atoms with E-state index in [1.807, 2.05) is 24.3 Å². The monoisotopic (exact) mass is 371 g/mol. The molecule has 0 saturated heterocycles. The van der Waals surface area contributed by atoms with Crippen molar-refractivity contribution in [3.8, 4) is 17.2 Å². The number of anilines is 1. The number of ether oxygens (including phenoxy) is 3. The average Bonchev–Trinajstić information content (AvgIpc) is 3.11. The largest absolute Gasteiger partial charge is 0.489 e. The maximum absolute atomic E-state index is 11.9. The van der Waals surface area contributed by atoms with E-state index in [9.17, 15) is 9.59 Å². The Morgan fingerprint density at radius 2 is 1.85 bits per heavy atom. The van der Waals surface area contributed by atoms with Crippen molar-refractivity contribution in [2.24, 2.45) is 0 Å². The molecule has 0 radical (unpaired) electrons. The van der Waals surface area contributed by atoms with Gasteiger partial charge in [0.15, 0.2) is 11.5 Å². The minimum absolute atomic E-state index is 0.0833. The van der Waals surface area contributed by atoms with Crippen molar-refractivity contribution in [1.29, 1.82) is 0 Å². The molecule has 0 unspecified atom stereocenters. The quantitative estimate of drug-likeness (QED) is 0.655. The summed E-state index contributed by atoms with van der Waals surface area (Å²) in [6.45, 7) is 0.568. The predicted octanol–water partition coefficient (Wildman–Crippen LogP) is 3.58. The molecule has 0 saturated carbocycles. The SMILES string of the molecule is O=C(O)CCCCC(=O)Nc1cccc(COc2ccc3c(c2)OCO3)c1.